The van der Waals surface area contributed by atoms with Gasteiger partial charge >= 0.3 is 0 Å². The van der Waals surface area contributed by atoms with Crippen molar-refractivity contribution < 1.29 is 14.2 Å². The van der Waals surface area contributed by atoms with E-state index in [0.29, 0.717) is 12.4 Å². The van der Waals surface area contributed by atoms with Crippen molar-refractivity contribution >= 4 is 5.96 Å². The lowest BCUT2D eigenvalue weighted by atomic mass is 10.1. The summed E-state index contributed by atoms with van der Waals surface area (Å²) in [6, 6.07) is 11.7. The Bertz CT molecular complexity index is 780. The average molecular weight is 386 g/mol. The lowest BCUT2D eigenvalue weighted by molar-refractivity contribution is 0.354. The normalized spacial score (nSPS) is 11.1. The summed E-state index contributed by atoms with van der Waals surface area (Å²) in [5.41, 5.74) is 2.04. The lowest BCUT2D eigenvalue weighted by Crippen LogP contribution is -2.40. The molecule has 1 aromatic carbocycles. The summed E-state index contributed by atoms with van der Waals surface area (Å²) in [6.07, 6.45) is 0.860. The molecule has 0 aliphatic carbocycles. The molecule has 0 saturated heterocycles. The van der Waals surface area contributed by atoms with Crippen LogP contribution in [0.4, 0.5) is 0 Å². The summed E-state index contributed by atoms with van der Waals surface area (Å²) in [4.78, 5) is 11.2. The Morgan fingerprint density at radius 2 is 1.86 bits per heavy atom. The molecule has 0 aliphatic rings. The zero-order valence-corrected chi connectivity index (χ0v) is 17.4. The van der Waals surface area contributed by atoms with Gasteiger partial charge in [-0.3, -0.25) is 0 Å². The van der Waals surface area contributed by atoms with Gasteiger partial charge in [-0.05, 0) is 37.1 Å². The molecule has 0 spiro atoms. The largest absolute Gasteiger partial charge is 0.493 e. The second-order valence-electron chi connectivity index (χ2n) is 6.20. The monoisotopic (exact) mass is 386 g/mol. The topological polar surface area (TPSA) is 68.2 Å². The maximum absolute atomic E-state index is 5.38. The van der Waals surface area contributed by atoms with E-state index in [1.54, 1.807) is 21.3 Å². The molecule has 0 unspecified atom stereocenters. The van der Waals surface area contributed by atoms with E-state index in [-0.39, 0.29) is 0 Å². The third-order valence-corrected chi connectivity index (χ3v) is 4.26. The molecule has 152 valence electrons. The van der Waals surface area contributed by atoms with E-state index >= 15 is 0 Å². The van der Waals surface area contributed by atoms with Gasteiger partial charge in [0.1, 0.15) is 0 Å². The van der Waals surface area contributed by atoms with E-state index in [1.165, 1.54) is 5.56 Å². The fraction of sp³-hybridized carbons (Fsp3) is 0.429. The number of nitrogens with one attached hydrogen (secondary N) is 1. The highest BCUT2D eigenvalue weighted by Crippen LogP contribution is 2.27. The van der Waals surface area contributed by atoms with E-state index in [9.17, 15) is 0 Å². The first kappa shape index (κ1) is 21.3. The number of nitrogens with zero attached hydrogens (tertiary/aromatic N) is 3. The Balaban J connectivity index is 2.02. The van der Waals surface area contributed by atoms with Gasteiger partial charge in [-0.25, -0.2) is 9.98 Å². The summed E-state index contributed by atoms with van der Waals surface area (Å²) in [5.74, 6) is 2.92. The number of aliphatic imine (C=N–C) groups is 1. The van der Waals surface area contributed by atoms with Crippen LogP contribution in [0.1, 0.15) is 18.2 Å². The lowest BCUT2D eigenvalue weighted by Gasteiger charge is -2.22. The number of hydrogen-bond acceptors (Lipinski definition) is 5. The fourth-order valence-electron chi connectivity index (χ4n) is 2.72. The van der Waals surface area contributed by atoms with Crippen molar-refractivity contribution in [1.29, 1.82) is 0 Å². The van der Waals surface area contributed by atoms with Crippen LogP contribution in [0.5, 0.6) is 17.4 Å². The van der Waals surface area contributed by atoms with E-state index < -0.39 is 0 Å². The summed E-state index contributed by atoms with van der Waals surface area (Å²) in [6.45, 7) is 4.15. The molecule has 0 fully saturated rings. The predicted molar refractivity (Wildman–Crippen MR) is 111 cm³/mol. The molecular weight excluding hydrogens is 356 g/mol. The van der Waals surface area contributed by atoms with Crippen molar-refractivity contribution in [2.75, 3.05) is 41.5 Å². The number of ether oxygens (including phenoxy) is 3. The van der Waals surface area contributed by atoms with Crippen LogP contribution in [0.2, 0.25) is 0 Å². The molecule has 2 rings (SSSR count). The molecule has 7 heteroatoms. The number of likely N-dealkylation sites (N-methyl/N-ethyl adjacent to an activating group) is 1. The van der Waals surface area contributed by atoms with E-state index in [2.05, 4.69) is 28.2 Å². The maximum Gasteiger partial charge on any atom is 0.213 e. The second kappa shape index (κ2) is 11.0. The first-order valence-electron chi connectivity index (χ1n) is 9.31. The van der Waals surface area contributed by atoms with Gasteiger partial charge < -0.3 is 24.4 Å². The van der Waals surface area contributed by atoms with Gasteiger partial charge in [-0.2, -0.15) is 0 Å². The quantitative estimate of drug-likeness (QED) is 0.528. The third-order valence-electron chi connectivity index (χ3n) is 4.26. The first-order chi connectivity index (χ1) is 13.6. The van der Waals surface area contributed by atoms with Crippen molar-refractivity contribution in [3.8, 4) is 17.4 Å². The zero-order valence-electron chi connectivity index (χ0n) is 17.4. The van der Waals surface area contributed by atoms with Gasteiger partial charge in [0.25, 0.3) is 0 Å². The maximum atomic E-state index is 5.38. The number of guanidine groups is 1. The number of methoxy groups -OCH3 is 3. The molecule has 0 amide bonds. The Kier molecular flexibility index (Phi) is 8.39. The van der Waals surface area contributed by atoms with Crippen LogP contribution in [0.25, 0.3) is 0 Å². The molecule has 7 nitrogen and oxygen atoms in total. The highest BCUT2D eigenvalue weighted by Gasteiger charge is 2.09. The molecule has 0 bridgehead atoms. The van der Waals surface area contributed by atoms with Gasteiger partial charge in [0, 0.05) is 26.2 Å². The van der Waals surface area contributed by atoms with E-state index in [0.717, 1.165) is 42.7 Å². The standard InChI is InChI=1S/C21H30N4O3/c1-6-22-21(23-15-17-8-7-9-20(24-17)28-5)25(2)13-12-16-10-11-18(26-3)19(14-16)27-4/h7-11,14H,6,12-13,15H2,1-5H3,(H,22,23). The van der Waals surface area contributed by atoms with Gasteiger partial charge in [-0.1, -0.05) is 12.1 Å². The number of rotatable bonds is 9. The Morgan fingerprint density at radius 3 is 2.54 bits per heavy atom. The minimum absolute atomic E-state index is 0.486. The SMILES string of the molecule is CCNC(=NCc1cccc(OC)n1)N(C)CCc1ccc(OC)c(OC)c1. The Labute approximate surface area is 167 Å². The van der Waals surface area contributed by atoms with Crippen LogP contribution in [-0.4, -0.2) is 57.3 Å². The minimum Gasteiger partial charge on any atom is -0.493 e. The third kappa shape index (κ3) is 6.04. The molecule has 0 atom stereocenters. The minimum atomic E-state index is 0.486. The molecule has 1 N–H and O–H groups in total. The summed E-state index contributed by atoms with van der Waals surface area (Å²) >= 11 is 0. The van der Waals surface area contributed by atoms with Crippen molar-refractivity contribution in [3.05, 3.63) is 47.7 Å². The molecular formula is C21H30N4O3. The van der Waals surface area contributed by atoms with Crippen molar-refractivity contribution in [3.63, 3.8) is 0 Å². The summed E-state index contributed by atoms with van der Waals surface area (Å²) < 4.78 is 15.9. The number of pyridine rings is 1. The average Bonchev–Trinajstić information content (AvgIpc) is 2.74. The van der Waals surface area contributed by atoms with Crippen LogP contribution in [0.15, 0.2) is 41.4 Å². The molecule has 2 aromatic rings. The smallest absolute Gasteiger partial charge is 0.213 e. The fourth-order valence-corrected chi connectivity index (χ4v) is 2.72. The second-order valence-corrected chi connectivity index (χ2v) is 6.20. The summed E-state index contributed by atoms with van der Waals surface area (Å²) in [5, 5.41) is 3.33. The zero-order chi connectivity index (χ0) is 20.4. The van der Waals surface area contributed by atoms with Gasteiger partial charge in [0.15, 0.2) is 17.5 Å². The molecule has 0 saturated carbocycles. The molecule has 0 radical (unpaired) electrons. The van der Waals surface area contributed by atoms with Gasteiger partial charge in [0.2, 0.25) is 5.88 Å². The van der Waals surface area contributed by atoms with Gasteiger partial charge in [-0.15, -0.1) is 0 Å². The van der Waals surface area contributed by atoms with Gasteiger partial charge in [0.05, 0.1) is 33.6 Å². The molecule has 0 aliphatic heterocycles. The van der Waals surface area contributed by atoms with Crippen LogP contribution in [-0.2, 0) is 13.0 Å². The van der Waals surface area contributed by atoms with Crippen molar-refractivity contribution in [2.45, 2.75) is 19.9 Å². The number of benzene rings is 1. The molecule has 1 aromatic heterocycles. The first-order valence-corrected chi connectivity index (χ1v) is 9.31. The predicted octanol–water partition coefficient (Wildman–Crippen LogP) is 2.75. The van der Waals surface area contributed by atoms with Crippen LogP contribution in [0.3, 0.4) is 0 Å². The van der Waals surface area contributed by atoms with Crippen LogP contribution >= 0.6 is 0 Å². The van der Waals surface area contributed by atoms with Crippen LogP contribution < -0.4 is 19.5 Å². The number of hydrogen-bond donors (Lipinski definition) is 1. The Hall–Kier alpha value is -2.96. The van der Waals surface area contributed by atoms with Crippen molar-refractivity contribution in [2.24, 2.45) is 4.99 Å². The molecule has 28 heavy (non-hydrogen) atoms. The molecule has 1 heterocycles. The highest BCUT2D eigenvalue weighted by molar-refractivity contribution is 5.79. The Morgan fingerprint density at radius 1 is 1.07 bits per heavy atom. The van der Waals surface area contributed by atoms with E-state index in [4.69, 9.17) is 19.2 Å². The van der Waals surface area contributed by atoms with Crippen LogP contribution in [0, 0.1) is 0 Å². The number of aromatic nitrogens is 1. The highest BCUT2D eigenvalue weighted by atomic mass is 16.5. The van der Waals surface area contributed by atoms with E-state index in [1.807, 2.05) is 37.4 Å². The van der Waals surface area contributed by atoms with Crippen molar-refractivity contribution in [1.82, 2.24) is 15.2 Å². The summed E-state index contributed by atoms with van der Waals surface area (Å²) in [7, 11) is 6.93.